The van der Waals surface area contributed by atoms with Crippen molar-refractivity contribution in [2.45, 2.75) is 32.2 Å². The highest BCUT2D eigenvalue weighted by atomic mass is 16.5. The molecule has 0 aliphatic carbocycles. The first-order chi connectivity index (χ1) is 13.7. The number of hydrogen-bond acceptors (Lipinski definition) is 6. The molecular formula is C22H28N4O2. The summed E-state index contributed by atoms with van der Waals surface area (Å²) in [6.45, 7) is 5.38. The molecule has 0 amide bonds. The molecule has 1 aliphatic heterocycles. The monoisotopic (exact) mass is 380 g/mol. The Bertz CT molecular complexity index is 762. The number of carbonyl (C=O) groups excluding carboxylic acids is 1. The van der Waals surface area contributed by atoms with Crippen molar-refractivity contribution in [3.63, 3.8) is 0 Å². The van der Waals surface area contributed by atoms with Crippen molar-refractivity contribution in [3.8, 4) is 0 Å². The lowest BCUT2D eigenvalue weighted by atomic mass is 10.0. The van der Waals surface area contributed by atoms with E-state index in [1.54, 1.807) is 25.4 Å². The summed E-state index contributed by atoms with van der Waals surface area (Å²) in [6, 6.07) is 11.0. The lowest BCUT2D eigenvalue weighted by molar-refractivity contribution is -0.137. The van der Waals surface area contributed by atoms with E-state index in [1.165, 1.54) is 18.1 Å². The molecule has 1 aliphatic rings. The van der Waals surface area contributed by atoms with Crippen molar-refractivity contribution in [3.05, 3.63) is 60.1 Å². The van der Waals surface area contributed by atoms with Crippen LogP contribution in [0.15, 0.2) is 48.8 Å². The molecule has 2 aromatic rings. The van der Waals surface area contributed by atoms with Crippen LogP contribution in [0.1, 0.15) is 31.0 Å². The third-order valence-corrected chi connectivity index (χ3v) is 4.77. The molecule has 1 N–H and O–H groups in total. The number of piperidine rings is 1. The van der Waals surface area contributed by atoms with Gasteiger partial charge in [-0.05, 0) is 44.4 Å². The van der Waals surface area contributed by atoms with Crippen molar-refractivity contribution >= 4 is 17.9 Å². The van der Waals surface area contributed by atoms with E-state index in [9.17, 15) is 4.79 Å². The van der Waals surface area contributed by atoms with Crippen LogP contribution in [0.4, 0.5) is 5.82 Å². The van der Waals surface area contributed by atoms with Crippen LogP contribution in [0, 0.1) is 0 Å². The normalized spacial score (nSPS) is 17.5. The fourth-order valence-electron chi connectivity index (χ4n) is 3.36. The SMILES string of the molecule is CCOC(=O)C=Cc1cnc(N[C@@H]2CCCN(CCc3ccccc3)C2)cn1. The van der Waals surface area contributed by atoms with Crippen LogP contribution in [-0.2, 0) is 16.0 Å². The number of nitrogens with one attached hydrogen (secondary N) is 1. The second kappa shape index (κ2) is 10.6. The van der Waals surface area contributed by atoms with Crippen molar-refractivity contribution in [1.29, 1.82) is 0 Å². The number of likely N-dealkylation sites (tertiary alicyclic amines) is 1. The van der Waals surface area contributed by atoms with Crippen LogP contribution in [0.2, 0.25) is 0 Å². The van der Waals surface area contributed by atoms with E-state index in [0.717, 1.165) is 38.3 Å². The summed E-state index contributed by atoms with van der Waals surface area (Å²) >= 11 is 0. The number of ether oxygens (including phenoxy) is 1. The summed E-state index contributed by atoms with van der Waals surface area (Å²) in [4.78, 5) is 22.6. The zero-order valence-corrected chi connectivity index (χ0v) is 16.4. The molecule has 2 heterocycles. The van der Waals surface area contributed by atoms with Crippen LogP contribution in [-0.4, -0.2) is 53.1 Å². The molecule has 148 valence electrons. The van der Waals surface area contributed by atoms with Crippen LogP contribution < -0.4 is 5.32 Å². The Morgan fingerprint density at radius 1 is 1.29 bits per heavy atom. The maximum atomic E-state index is 11.3. The van der Waals surface area contributed by atoms with Gasteiger partial charge in [-0.15, -0.1) is 0 Å². The van der Waals surface area contributed by atoms with Gasteiger partial charge >= 0.3 is 5.97 Å². The van der Waals surface area contributed by atoms with E-state index in [-0.39, 0.29) is 5.97 Å². The van der Waals surface area contributed by atoms with Gasteiger partial charge in [0.25, 0.3) is 0 Å². The summed E-state index contributed by atoms with van der Waals surface area (Å²) in [5, 5.41) is 3.49. The molecule has 6 heteroatoms. The van der Waals surface area contributed by atoms with Crippen molar-refractivity contribution in [2.24, 2.45) is 0 Å². The van der Waals surface area contributed by atoms with Gasteiger partial charge in [0.1, 0.15) is 5.82 Å². The zero-order chi connectivity index (χ0) is 19.6. The molecule has 1 aromatic carbocycles. The van der Waals surface area contributed by atoms with E-state index >= 15 is 0 Å². The smallest absolute Gasteiger partial charge is 0.330 e. The number of esters is 1. The van der Waals surface area contributed by atoms with E-state index < -0.39 is 0 Å². The average Bonchev–Trinajstić information content (AvgIpc) is 2.73. The summed E-state index contributed by atoms with van der Waals surface area (Å²) in [6.07, 6.45) is 9.75. The highest BCUT2D eigenvalue weighted by Crippen LogP contribution is 2.15. The van der Waals surface area contributed by atoms with Crippen molar-refractivity contribution < 1.29 is 9.53 Å². The first-order valence-corrected chi connectivity index (χ1v) is 9.92. The maximum absolute atomic E-state index is 11.3. The van der Waals surface area contributed by atoms with Crippen molar-refractivity contribution in [1.82, 2.24) is 14.9 Å². The molecule has 0 spiro atoms. The Morgan fingerprint density at radius 3 is 2.89 bits per heavy atom. The molecule has 0 saturated carbocycles. The first-order valence-electron chi connectivity index (χ1n) is 9.92. The summed E-state index contributed by atoms with van der Waals surface area (Å²) in [5.41, 5.74) is 2.02. The Hall–Kier alpha value is -2.73. The number of aromatic nitrogens is 2. The van der Waals surface area contributed by atoms with Crippen molar-refractivity contribution in [2.75, 3.05) is 31.6 Å². The molecular weight excluding hydrogens is 352 g/mol. The van der Waals surface area contributed by atoms with Gasteiger partial charge in [0.05, 0.1) is 24.7 Å². The number of rotatable bonds is 8. The Morgan fingerprint density at radius 2 is 2.14 bits per heavy atom. The number of carbonyl (C=O) groups is 1. The predicted molar refractivity (Wildman–Crippen MR) is 111 cm³/mol. The van der Waals surface area contributed by atoms with Crippen LogP contribution >= 0.6 is 0 Å². The summed E-state index contributed by atoms with van der Waals surface area (Å²) in [5.74, 6) is 0.396. The average molecular weight is 380 g/mol. The van der Waals surface area contributed by atoms with E-state index in [2.05, 4.69) is 50.5 Å². The highest BCUT2D eigenvalue weighted by molar-refractivity contribution is 5.86. The Labute approximate surface area is 166 Å². The zero-order valence-electron chi connectivity index (χ0n) is 16.4. The second-order valence-electron chi connectivity index (χ2n) is 6.93. The maximum Gasteiger partial charge on any atom is 0.330 e. The number of benzene rings is 1. The Kier molecular flexibility index (Phi) is 7.55. The van der Waals surface area contributed by atoms with Crippen LogP contribution in [0.5, 0.6) is 0 Å². The van der Waals surface area contributed by atoms with Crippen LogP contribution in [0.25, 0.3) is 6.08 Å². The largest absolute Gasteiger partial charge is 0.463 e. The molecule has 1 atom stereocenters. The minimum atomic E-state index is -0.371. The molecule has 1 saturated heterocycles. The molecule has 0 radical (unpaired) electrons. The van der Waals surface area contributed by atoms with Crippen LogP contribution in [0.3, 0.4) is 0 Å². The molecule has 1 fully saturated rings. The van der Waals surface area contributed by atoms with Gasteiger partial charge in [0, 0.05) is 25.2 Å². The van der Waals surface area contributed by atoms with Gasteiger partial charge in [-0.3, -0.25) is 4.98 Å². The van der Waals surface area contributed by atoms with Gasteiger partial charge in [-0.2, -0.15) is 0 Å². The fraction of sp³-hybridized carbons (Fsp3) is 0.409. The Balaban J connectivity index is 1.47. The molecule has 3 rings (SSSR count). The molecule has 0 bridgehead atoms. The third-order valence-electron chi connectivity index (χ3n) is 4.77. The first kappa shape index (κ1) is 20.0. The summed E-state index contributed by atoms with van der Waals surface area (Å²) < 4.78 is 4.86. The molecule has 6 nitrogen and oxygen atoms in total. The molecule has 28 heavy (non-hydrogen) atoms. The van der Waals surface area contributed by atoms with E-state index in [1.807, 2.05) is 0 Å². The minimum absolute atomic E-state index is 0.363. The number of nitrogens with zero attached hydrogens (tertiary/aromatic N) is 3. The number of hydrogen-bond donors (Lipinski definition) is 1. The number of anilines is 1. The molecule has 0 unspecified atom stereocenters. The lowest BCUT2D eigenvalue weighted by Gasteiger charge is -2.33. The summed E-state index contributed by atoms with van der Waals surface area (Å²) in [7, 11) is 0. The van der Waals surface area contributed by atoms with Gasteiger partial charge in [-0.1, -0.05) is 30.3 Å². The predicted octanol–water partition coefficient (Wildman–Crippen LogP) is 3.17. The molecule has 1 aromatic heterocycles. The van der Waals surface area contributed by atoms with Gasteiger partial charge in [0.2, 0.25) is 0 Å². The van der Waals surface area contributed by atoms with Gasteiger partial charge in [0.15, 0.2) is 0 Å². The van der Waals surface area contributed by atoms with Gasteiger partial charge < -0.3 is 15.0 Å². The lowest BCUT2D eigenvalue weighted by Crippen LogP contribution is -2.43. The third kappa shape index (κ3) is 6.46. The fourth-order valence-corrected chi connectivity index (χ4v) is 3.36. The van der Waals surface area contributed by atoms with E-state index in [4.69, 9.17) is 4.74 Å². The minimum Gasteiger partial charge on any atom is -0.463 e. The quantitative estimate of drug-likeness (QED) is 0.560. The highest BCUT2D eigenvalue weighted by Gasteiger charge is 2.19. The standard InChI is InChI=1S/C22H28N4O2/c1-2-28-22(27)11-10-19-15-24-21(16-23-19)25-20-9-6-13-26(17-20)14-12-18-7-4-3-5-8-18/h3-5,7-8,10-11,15-16,20H,2,6,9,12-14,17H2,1H3,(H,24,25)/t20-/m1/s1. The second-order valence-corrected chi connectivity index (χ2v) is 6.93. The van der Waals surface area contributed by atoms with Gasteiger partial charge in [-0.25, -0.2) is 9.78 Å². The van der Waals surface area contributed by atoms with E-state index in [0.29, 0.717) is 18.3 Å². The topological polar surface area (TPSA) is 67.3 Å².